The molecule has 1 amide bonds. The van der Waals surface area contributed by atoms with E-state index >= 15 is 0 Å². The van der Waals surface area contributed by atoms with Crippen LogP contribution in [0.3, 0.4) is 0 Å². The van der Waals surface area contributed by atoms with Gasteiger partial charge in [0.2, 0.25) is 5.88 Å². The van der Waals surface area contributed by atoms with Gasteiger partial charge in [0.15, 0.2) is 5.82 Å². The lowest BCUT2D eigenvalue weighted by atomic mass is 10.1. The lowest BCUT2D eigenvalue weighted by Gasteiger charge is -2.35. The molecule has 1 fully saturated rings. The second-order valence-corrected chi connectivity index (χ2v) is 7.04. The Kier molecular flexibility index (Phi) is 7.24. The van der Waals surface area contributed by atoms with Gasteiger partial charge in [0.05, 0.1) is 12.7 Å². The van der Waals surface area contributed by atoms with Gasteiger partial charge in [-0.2, -0.15) is 0 Å². The van der Waals surface area contributed by atoms with Crippen LogP contribution in [-0.2, 0) is 4.74 Å². The van der Waals surface area contributed by atoms with Crippen LogP contribution in [-0.4, -0.2) is 73.6 Å². The summed E-state index contributed by atoms with van der Waals surface area (Å²) in [4.78, 5) is 16.7. The van der Waals surface area contributed by atoms with Gasteiger partial charge >= 0.3 is 0 Å². The number of rotatable bonds is 8. The summed E-state index contributed by atoms with van der Waals surface area (Å²) in [6.45, 7) is 7.59. The Morgan fingerprint density at radius 3 is 2.31 bits per heavy atom. The van der Waals surface area contributed by atoms with Crippen LogP contribution in [0.2, 0.25) is 0 Å². The van der Waals surface area contributed by atoms with E-state index in [2.05, 4.69) is 15.1 Å². The van der Waals surface area contributed by atoms with E-state index in [1.165, 1.54) is 0 Å². The monoisotopic (exact) mass is 400 g/mol. The summed E-state index contributed by atoms with van der Waals surface area (Å²) in [6, 6.07) is 11.0. The first-order valence-corrected chi connectivity index (χ1v) is 9.83. The normalized spacial score (nSPS) is 14.2. The summed E-state index contributed by atoms with van der Waals surface area (Å²) in [6.07, 6.45) is 0.110. The molecule has 0 aliphatic carbocycles. The second kappa shape index (κ2) is 10.1. The van der Waals surface area contributed by atoms with Crippen LogP contribution in [0.5, 0.6) is 11.6 Å². The highest BCUT2D eigenvalue weighted by molar-refractivity contribution is 5.94. The minimum absolute atomic E-state index is 0.0359. The Morgan fingerprint density at radius 2 is 1.72 bits per heavy atom. The van der Waals surface area contributed by atoms with Gasteiger partial charge in [0.1, 0.15) is 12.4 Å². The molecule has 2 heterocycles. The van der Waals surface area contributed by atoms with E-state index in [0.717, 1.165) is 11.6 Å². The number of anilines is 1. The molecular weight excluding hydrogens is 372 g/mol. The number of ether oxygens (including phenoxy) is 3. The fourth-order valence-electron chi connectivity index (χ4n) is 3.06. The Morgan fingerprint density at radius 1 is 1.00 bits per heavy atom. The first-order chi connectivity index (χ1) is 14.1. The topological polar surface area (TPSA) is 77.0 Å². The standard InChI is InChI=1S/C21H28N4O4/c1-16(2)29-18-6-4-17(5-7-18)21(26)25-12-10-24(11-13-25)19-8-9-20(23-22-19)28-15-14-27-3/h4-9,16H,10-15H2,1-3H3. The molecule has 1 aliphatic rings. The molecule has 0 unspecified atom stereocenters. The maximum atomic E-state index is 12.8. The molecule has 156 valence electrons. The van der Waals surface area contributed by atoms with Gasteiger partial charge in [-0.1, -0.05) is 0 Å². The minimum Gasteiger partial charge on any atom is -0.491 e. The summed E-state index contributed by atoms with van der Waals surface area (Å²) in [5, 5.41) is 8.33. The lowest BCUT2D eigenvalue weighted by Crippen LogP contribution is -2.49. The summed E-state index contributed by atoms with van der Waals surface area (Å²) in [5.41, 5.74) is 0.673. The highest BCUT2D eigenvalue weighted by atomic mass is 16.5. The van der Waals surface area contributed by atoms with Crippen molar-refractivity contribution in [3.05, 3.63) is 42.0 Å². The van der Waals surface area contributed by atoms with Crippen molar-refractivity contribution in [2.45, 2.75) is 20.0 Å². The molecule has 0 radical (unpaired) electrons. The van der Waals surface area contributed by atoms with Crippen molar-refractivity contribution in [3.8, 4) is 11.6 Å². The minimum atomic E-state index is 0.0359. The molecule has 0 N–H and O–H groups in total. The molecule has 1 aromatic carbocycles. The van der Waals surface area contributed by atoms with E-state index < -0.39 is 0 Å². The number of aromatic nitrogens is 2. The molecular formula is C21H28N4O4. The average molecular weight is 400 g/mol. The fourth-order valence-corrected chi connectivity index (χ4v) is 3.06. The van der Waals surface area contributed by atoms with Gasteiger partial charge in [-0.05, 0) is 44.2 Å². The number of amides is 1. The van der Waals surface area contributed by atoms with Crippen LogP contribution in [0.4, 0.5) is 5.82 Å². The molecule has 1 aliphatic heterocycles. The predicted octanol–water partition coefficient (Wildman–Crippen LogP) is 2.25. The van der Waals surface area contributed by atoms with E-state index in [4.69, 9.17) is 14.2 Å². The number of methoxy groups -OCH3 is 1. The van der Waals surface area contributed by atoms with Crippen LogP contribution in [0, 0.1) is 0 Å². The van der Waals surface area contributed by atoms with E-state index in [1.54, 1.807) is 13.2 Å². The molecule has 2 aromatic rings. The van der Waals surface area contributed by atoms with Crippen LogP contribution < -0.4 is 14.4 Å². The van der Waals surface area contributed by atoms with Crippen molar-refractivity contribution in [2.75, 3.05) is 51.4 Å². The van der Waals surface area contributed by atoms with E-state index in [-0.39, 0.29) is 12.0 Å². The molecule has 0 saturated carbocycles. The molecule has 0 atom stereocenters. The average Bonchev–Trinajstić information content (AvgIpc) is 2.74. The third-order valence-corrected chi connectivity index (χ3v) is 4.53. The number of hydrogen-bond acceptors (Lipinski definition) is 7. The lowest BCUT2D eigenvalue weighted by molar-refractivity contribution is 0.0746. The van der Waals surface area contributed by atoms with Gasteiger partial charge in [-0.15, -0.1) is 10.2 Å². The zero-order chi connectivity index (χ0) is 20.6. The maximum absolute atomic E-state index is 12.8. The van der Waals surface area contributed by atoms with Gasteiger partial charge in [-0.25, -0.2) is 0 Å². The number of hydrogen-bond donors (Lipinski definition) is 0. The first kappa shape index (κ1) is 20.9. The SMILES string of the molecule is COCCOc1ccc(N2CCN(C(=O)c3ccc(OC(C)C)cc3)CC2)nn1. The van der Waals surface area contributed by atoms with Crippen molar-refractivity contribution in [1.82, 2.24) is 15.1 Å². The summed E-state index contributed by atoms with van der Waals surface area (Å²) in [7, 11) is 1.62. The Labute approximate surface area is 171 Å². The highest BCUT2D eigenvalue weighted by Crippen LogP contribution is 2.18. The Hall–Kier alpha value is -2.87. The maximum Gasteiger partial charge on any atom is 0.253 e. The van der Waals surface area contributed by atoms with Crippen LogP contribution in [0.1, 0.15) is 24.2 Å². The number of piperazine rings is 1. The third kappa shape index (κ3) is 5.80. The largest absolute Gasteiger partial charge is 0.491 e. The van der Waals surface area contributed by atoms with Crippen molar-refractivity contribution >= 4 is 11.7 Å². The molecule has 3 rings (SSSR count). The van der Waals surface area contributed by atoms with Crippen LogP contribution in [0.15, 0.2) is 36.4 Å². The van der Waals surface area contributed by atoms with E-state index in [0.29, 0.717) is 50.8 Å². The molecule has 8 nitrogen and oxygen atoms in total. The predicted molar refractivity (Wildman–Crippen MR) is 110 cm³/mol. The number of benzene rings is 1. The number of carbonyl (C=O) groups is 1. The highest BCUT2D eigenvalue weighted by Gasteiger charge is 2.23. The summed E-state index contributed by atoms with van der Waals surface area (Å²) in [5.74, 6) is 2.07. The number of carbonyl (C=O) groups excluding carboxylic acids is 1. The smallest absolute Gasteiger partial charge is 0.253 e. The van der Waals surface area contributed by atoms with Crippen molar-refractivity contribution in [2.24, 2.45) is 0 Å². The van der Waals surface area contributed by atoms with Crippen molar-refractivity contribution in [1.29, 1.82) is 0 Å². The van der Waals surface area contributed by atoms with Gasteiger partial charge in [0, 0.05) is 44.9 Å². The Bertz CT molecular complexity index is 772. The Balaban J connectivity index is 1.51. The molecule has 1 aromatic heterocycles. The van der Waals surface area contributed by atoms with Gasteiger partial charge in [-0.3, -0.25) is 4.79 Å². The van der Waals surface area contributed by atoms with Crippen molar-refractivity contribution in [3.63, 3.8) is 0 Å². The van der Waals surface area contributed by atoms with Crippen LogP contribution >= 0.6 is 0 Å². The first-order valence-electron chi connectivity index (χ1n) is 9.83. The van der Waals surface area contributed by atoms with Crippen molar-refractivity contribution < 1.29 is 19.0 Å². The molecule has 0 bridgehead atoms. The van der Waals surface area contributed by atoms with Crippen LogP contribution in [0.25, 0.3) is 0 Å². The van der Waals surface area contributed by atoms with E-state index in [9.17, 15) is 4.79 Å². The zero-order valence-electron chi connectivity index (χ0n) is 17.2. The fraction of sp³-hybridized carbons (Fsp3) is 0.476. The summed E-state index contributed by atoms with van der Waals surface area (Å²) >= 11 is 0. The van der Waals surface area contributed by atoms with E-state index in [1.807, 2.05) is 49.1 Å². The second-order valence-electron chi connectivity index (χ2n) is 7.04. The number of nitrogens with zero attached hydrogens (tertiary/aromatic N) is 4. The summed E-state index contributed by atoms with van der Waals surface area (Å²) < 4.78 is 16.0. The molecule has 0 spiro atoms. The molecule has 1 saturated heterocycles. The molecule has 29 heavy (non-hydrogen) atoms. The van der Waals surface area contributed by atoms with Gasteiger partial charge < -0.3 is 24.0 Å². The zero-order valence-corrected chi connectivity index (χ0v) is 17.2. The third-order valence-electron chi connectivity index (χ3n) is 4.53. The quantitative estimate of drug-likeness (QED) is 0.629. The van der Waals surface area contributed by atoms with Gasteiger partial charge in [0.25, 0.3) is 5.91 Å². The molecule has 8 heteroatoms.